The zero-order valence-corrected chi connectivity index (χ0v) is 18.7. The number of benzene rings is 4. The fourth-order valence-corrected chi connectivity index (χ4v) is 4.04. The fourth-order valence-electron chi connectivity index (χ4n) is 2.95. The molecule has 0 amide bonds. The predicted octanol–water partition coefficient (Wildman–Crippen LogP) is 8.02. The van der Waals surface area contributed by atoms with Crippen LogP contribution in [-0.2, 0) is 0 Å². The van der Waals surface area contributed by atoms with E-state index >= 15 is 0 Å². The number of halogens is 2. The minimum Gasteiger partial charge on any atom is -0.457 e. The molecule has 3 heteroatoms. The molecule has 0 spiro atoms. The third-order valence-corrected chi connectivity index (χ3v) is 5.56. The van der Waals surface area contributed by atoms with E-state index in [4.69, 9.17) is 4.74 Å². The van der Waals surface area contributed by atoms with Crippen LogP contribution < -0.4 is 4.74 Å². The molecule has 4 aromatic rings. The van der Waals surface area contributed by atoms with Crippen LogP contribution in [0.5, 0.6) is 11.5 Å². The minimum atomic E-state index is 0.839. The average molecular weight is 574 g/mol. The molecular formula is C24H16I2O. The van der Waals surface area contributed by atoms with Crippen molar-refractivity contribution in [2.45, 2.75) is 0 Å². The van der Waals surface area contributed by atoms with Crippen LogP contribution >= 0.6 is 45.2 Å². The second kappa shape index (κ2) is 8.44. The number of hydrogen-bond acceptors (Lipinski definition) is 1. The van der Waals surface area contributed by atoms with Crippen molar-refractivity contribution in [2.24, 2.45) is 0 Å². The maximum atomic E-state index is 6.16. The van der Waals surface area contributed by atoms with Gasteiger partial charge in [-0.25, -0.2) is 0 Å². The van der Waals surface area contributed by atoms with Crippen molar-refractivity contribution in [3.63, 3.8) is 0 Å². The van der Waals surface area contributed by atoms with E-state index in [0.29, 0.717) is 0 Å². The van der Waals surface area contributed by atoms with Crippen LogP contribution in [0.4, 0.5) is 0 Å². The summed E-state index contributed by atoms with van der Waals surface area (Å²) < 4.78 is 8.61. The maximum Gasteiger partial charge on any atom is 0.128 e. The normalized spacial score (nSPS) is 10.6. The Kier molecular flexibility index (Phi) is 5.78. The Bertz CT molecular complexity index is 1000. The van der Waals surface area contributed by atoms with E-state index in [1.54, 1.807) is 0 Å². The molecule has 4 rings (SSSR count). The highest BCUT2D eigenvalue weighted by Gasteiger charge is 2.04. The first kappa shape index (κ1) is 18.5. The smallest absolute Gasteiger partial charge is 0.128 e. The molecule has 0 bridgehead atoms. The monoisotopic (exact) mass is 574 g/mol. The highest BCUT2D eigenvalue weighted by molar-refractivity contribution is 14.1. The first-order valence-corrected chi connectivity index (χ1v) is 10.7. The quantitative estimate of drug-likeness (QED) is 0.225. The summed E-state index contributed by atoms with van der Waals surface area (Å²) >= 11 is 4.68. The van der Waals surface area contributed by atoms with Crippen LogP contribution in [0.2, 0.25) is 0 Å². The summed E-state index contributed by atoms with van der Waals surface area (Å²) in [6, 6.07) is 33.4. The zero-order chi connectivity index (χ0) is 18.6. The Hall–Kier alpha value is -1.86. The molecule has 0 aliphatic carbocycles. The van der Waals surface area contributed by atoms with Gasteiger partial charge in [-0.2, -0.15) is 0 Å². The second-order valence-electron chi connectivity index (χ2n) is 6.18. The van der Waals surface area contributed by atoms with Gasteiger partial charge in [-0.3, -0.25) is 0 Å². The van der Waals surface area contributed by atoms with Gasteiger partial charge in [0.05, 0.1) is 0 Å². The summed E-state index contributed by atoms with van der Waals surface area (Å²) in [6.45, 7) is 0. The van der Waals surface area contributed by atoms with Crippen LogP contribution in [0.25, 0.3) is 22.3 Å². The van der Waals surface area contributed by atoms with Gasteiger partial charge in [-0.15, -0.1) is 0 Å². The number of rotatable bonds is 4. The molecule has 0 heterocycles. The first-order chi connectivity index (χ1) is 13.2. The molecule has 0 aromatic heterocycles. The van der Waals surface area contributed by atoms with Gasteiger partial charge in [-0.1, -0.05) is 48.5 Å². The van der Waals surface area contributed by atoms with Crippen LogP contribution in [0.1, 0.15) is 0 Å². The Balaban J connectivity index is 1.61. The molecule has 0 atom stereocenters. The van der Waals surface area contributed by atoms with E-state index in [0.717, 1.165) is 22.6 Å². The van der Waals surface area contributed by atoms with Crippen molar-refractivity contribution < 1.29 is 4.74 Å². The predicted molar refractivity (Wildman–Crippen MR) is 129 cm³/mol. The molecule has 0 N–H and O–H groups in total. The van der Waals surface area contributed by atoms with Gasteiger partial charge in [0.1, 0.15) is 11.5 Å². The van der Waals surface area contributed by atoms with Crippen LogP contribution in [-0.4, -0.2) is 0 Å². The summed E-state index contributed by atoms with van der Waals surface area (Å²) in [4.78, 5) is 0. The van der Waals surface area contributed by atoms with E-state index in [1.807, 2.05) is 24.3 Å². The standard InChI is InChI=1S/C24H16I2O/c25-21-9-1-5-17(13-21)19-7-3-11-23(15-19)27-24-12-4-8-20(16-24)18-6-2-10-22(26)14-18/h1-16H. The SMILES string of the molecule is Ic1cccc(-c2cccc(Oc3cccc(-c4cccc(I)c4)c3)c2)c1. The lowest BCUT2D eigenvalue weighted by Crippen LogP contribution is -1.87. The Morgan fingerprint density at radius 3 is 1.22 bits per heavy atom. The Morgan fingerprint density at radius 1 is 0.444 bits per heavy atom. The summed E-state index contributed by atoms with van der Waals surface area (Å²) in [7, 11) is 0. The molecule has 0 unspecified atom stereocenters. The number of ether oxygens (including phenoxy) is 1. The second-order valence-corrected chi connectivity index (χ2v) is 8.67. The largest absolute Gasteiger partial charge is 0.457 e. The van der Waals surface area contributed by atoms with Crippen molar-refractivity contribution >= 4 is 45.2 Å². The summed E-state index contributed by atoms with van der Waals surface area (Å²) in [6.07, 6.45) is 0. The molecule has 4 aromatic carbocycles. The summed E-state index contributed by atoms with van der Waals surface area (Å²) in [5.74, 6) is 1.68. The first-order valence-electron chi connectivity index (χ1n) is 8.57. The van der Waals surface area contributed by atoms with Crippen LogP contribution in [0.3, 0.4) is 0 Å². The molecule has 0 saturated heterocycles. The molecule has 0 saturated carbocycles. The average Bonchev–Trinajstić information content (AvgIpc) is 2.68. The molecule has 132 valence electrons. The third-order valence-electron chi connectivity index (χ3n) is 4.22. The third kappa shape index (κ3) is 4.71. The lowest BCUT2D eigenvalue weighted by atomic mass is 10.1. The van der Waals surface area contributed by atoms with E-state index in [1.165, 1.54) is 18.3 Å². The fraction of sp³-hybridized carbons (Fsp3) is 0. The highest BCUT2D eigenvalue weighted by atomic mass is 127. The molecule has 0 radical (unpaired) electrons. The lowest BCUT2D eigenvalue weighted by Gasteiger charge is -2.10. The van der Waals surface area contributed by atoms with Crippen LogP contribution in [0.15, 0.2) is 97.1 Å². The molecule has 1 nitrogen and oxygen atoms in total. The van der Waals surface area contributed by atoms with Crippen molar-refractivity contribution in [3.05, 3.63) is 104 Å². The molecule has 0 fully saturated rings. The summed E-state index contributed by atoms with van der Waals surface area (Å²) in [5.41, 5.74) is 4.69. The van der Waals surface area contributed by atoms with Gasteiger partial charge in [0.2, 0.25) is 0 Å². The highest BCUT2D eigenvalue weighted by Crippen LogP contribution is 2.30. The molecule has 27 heavy (non-hydrogen) atoms. The van der Waals surface area contributed by atoms with Crippen molar-refractivity contribution in [1.82, 2.24) is 0 Å². The molecule has 0 aliphatic heterocycles. The Morgan fingerprint density at radius 2 is 0.815 bits per heavy atom. The van der Waals surface area contributed by atoms with Gasteiger partial charge in [0.25, 0.3) is 0 Å². The Labute approximate surface area is 186 Å². The molecule has 0 aliphatic rings. The summed E-state index contributed by atoms with van der Waals surface area (Å²) in [5, 5.41) is 0. The van der Waals surface area contributed by atoms with Gasteiger partial charge in [0, 0.05) is 7.14 Å². The van der Waals surface area contributed by atoms with Gasteiger partial charge < -0.3 is 4.74 Å². The van der Waals surface area contributed by atoms with Gasteiger partial charge in [-0.05, 0) is 116 Å². The van der Waals surface area contributed by atoms with Crippen LogP contribution in [0, 0.1) is 7.14 Å². The molecular weight excluding hydrogens is 558 g/mol. The topological polar surface area (TPSA) is 9.23 Å². The lowest BCUT2D eigenvalue weighted by molar-refractivity contribution is 0.483. The van der Waals surface area contributed by atoms with E-state index < -0.39 is 0 Å². The van der Waals surface area contributed by atoms with Gasteiger partial charge >= 0.3 is 0 Å². The van der Waals surface area contributed by atoms with E-state index in [2.05, 4.69) is 118 Å². The van der Waals surface area contributed by atoms with Gasteiger partial charge in [0.15, 0.2) is 0 Å². The number of hydrogen-bond donors (Lipinski definition) is 0. The van der Waals surface area contributed by atoms with E-state index in [9.17, 15) is 0 Å². The van der Waals surface area contributed by atoms with Crippen molar-refractivity contribution in [3.8, 4) is 33.8 Å². The van der Waals surface area contributed by atoms with Crippen molar-refractivity contribution in [1.29, 1.82) is 0 Å². The minimum absolute atomic E-state index is 0.839. The maximum absolute atomic E-state index is 6.16. The van der Waals surface area contributed by atoms with Crippen molar-refractivity contribution in [2.75, 3.05) is 0 Å². The zero-order valence-electron chi connectivity index (χ0n) is 14.4. The van der Waals surface area contributed by atoms with E-state index in [-0.39, 0.29) is 0 Å².